The van der Waals surface area contributed by atoms with Crippen molar-refractivity contribution in [2.24, 2.45) is 0 Å². The minimum Gasteiger partial charge on any atom is -0.507 e. The maximum Gasteiger partial charge on any atom is 0.269 e. The second kappa shape index (κ2) is 6.88. The van der Waals surface area contributed by atoms with E-state index in [1.165, 1.54) is 25.3 Å². The van der Waals surface area contributed by atoms with Crippen LogP contribution in [0.4, 0.5) is 5.69 Å². The molecule has 7 heteroatoms. The summed E-state index contributed by atoms with van der Waals surface area (Å²) in [7, 11) is 1.53. The van der Waals surface area contributed by atoms with E-state index in [0.717, 1.165) is 11.1 Å². The monoisotopic (exact) mass is 337 g/mol. The number of H-pyrrole nitrogens is 1. The fraction of sp³-hybridized carbons (Fsp3) is 0.0556. The SMILES string of the molecule is COc1ccc(-c2[nH]ncc2/C=C/c2ccc([N+](=O)[O-])cc2)c(O)c1. The zero-order chi connectivity index (χ0) is 17.8. The van der Waals surface area contributed by atoms with E-state index in [2.05, 4.69) is 10.2 Å². The third-order valence-electron chi connectivity index (χ3n) is 3.70. The van der Waals surface area contributed by atoms with Crippen molar-refractivity contribution in [3.8, 4) is 22.8 Å². The normalized spacial score (nSPS) is 10.9. The van der Waals surface area contributed by atoms with Gasteiger partial charge in [-0.15, -0.1) is 0 Å². The van der Waals surface area contributed by atoms with Crippen LogP contribution in [0.25, 0.3) is 23.4 Å². The largest absolute Gasteiger partial charge is 0.507 e. The number of aromatic amines is 1. The van der Waals surface area contributed by atoms with Crippen molar-refractivity contribution in [3.63, 3.8) is 0 Å². The predicted octanol–water partition coefficient (Wildman–Crippen LogP) is 3.87. The van der Waals surface area contributed by atoms with E-state index >= 15 is 0 Å². The molecule has 0 radical (unpaired) electrons. The molecule has 0 amide bonds. The zero-order valence-electron chi connectivity index (χ0n) is 13.3. The highest BCUT2D eigenvalue weighted by molar-refractivity contribution is 5.81. The molecule has 7 nitrogen and oxygen atoms in total. The fourth-order valence-electron chi connectivity index (χ4n) is 2.38. The van der Waals surface area contributed by atoms with Crippen molar-refractivity contribution >= 4 is 17.8 Å². The van der Waals surface area contributed by atoms with Crippen LogP contribution in [0.2, 0.25) is 0 Å². The number of methoxy groups -OCH3 is 1. The molecule has 25 heavy (non-hydrogen) atoms. The summed E-state index contributed by atoms with van der Waals surface area (Å²) in [5, 5.41) is 27.7. The Morgan fingerprint density at radius 2 is 1.96 bits per heavy atom. The number of non-ortho nitro benzene ring substituents is 1. The summed E-state index contributed by atoms with van der Waals surface area (Å²) >= 11 is 0. The van der Waals surface area contributed by atoms with Gasteiger partial charge in [0.25, 0.3) is 5.69 Å². The number of nitrogens with one attached hydrogen (secondary N) is 1. The molecule has 0 spiro atoms. The van der Waals surface area contributed by atoms with Gasteiger partial charge in [0, 0.05) is 29.3 Å². The maximum absolute atomic E-state index is 10.7. The van der Waals surface area contributed by atoms with E-state index in [1.807, 2.05) is 12.2 Å². The summed E-state index contributed by atoms with van der Waals surface area (Å²) in [4.78, 5) is 10.2. The van der Waals surface area contributed by atoms with Gasteiger partial charge in [-0.2, -0.15) is 5.10 Å². The number of nitro groups is 1. The number of phenolic OH excluding ortho intramolecular Hbond substituents is 1. The lowest BCUT2D eigenvalue weighted by molar-refractivity contribution is -0.384. The molecular formula is C18H15N3O4. The minimum absolute atomic E-state index is 0.0457. The van der Waals surface area contributed by atoms with Gasteiger partial charge in [0.2, 0.25) is 0 Å². The quantitative estimate of drug-likeness (QED) is 0.543. The van der Waals surface area contributed by atoms with Gasteiger partial charge < -0.3 is 9.84 Å². The van der Waals surface area contributed by atoms with Crippen LogP contribution in [0.5, 0.6) is 11.5 Å². The summed E-state index contributed by atoms with van der Waals surface area (Å²) in [6, 6.07) is 11.2. The highest BCUT2D eigenvalue weighted by Crippen LogP contribution is 2.33. The van der Waals surface area contributed by atoms with E-state index in [1.54, 1.807) is 30.5 Å². The van der Waals surface area contributed by atoms with Crippen molar-refractivity contribution in [2.75, 3.05) is 7.11 Å². The average Bonchev–Trinajstić information content (AvgIpc) is 3.08. The molecule has 2 N–H and O–H groups in total. The molecule has 0 saturated heterocycles. The molecular weight excluding hydrogens is 322 g/mol. The molecule has 1 heterocycles. The van der Waals surface area contributed by atoms with Gasteiger partial charge in [0.05, 0.1) is 23.9 Å². The number of benzene rings is 2. The summed E-state index contributed by atoms with van der Waals surface area (Å²) in [6.07, 6.45) is 5.28. The third kappa shape index (κ3) is 3.50. The van der Waals surface area contributed by atoms with Gasteiger partial charge in [-0.1, -0.05) is 12.2 Å². The summed E-state index contributed by atoms with van der Waals surface area (Å²) in [5.74, 6) is 0.636. The summed E-state index contributed by atoms with van der Waals surface area (Å²) in [5.41, 5.74) is 2.90. The first kappa shape index (κ1) is 16.3. The minimum atomic E-state index is -0.436. The van der Waals surface area contributed by atoms with E-state index in [-0.39, 0.29) is 11.4 Å². The van der Waals surface area contributed by atoms with Gasteiger partial charge in [-0.05, 0) is 29.8 Å². The molecule has 1 aromatic heterocycles. The number of hydrogen-bond donors (Lipinski definition) is 2. The van der Waals surface area contributed by atoms with Crippen LogP contribution in [-0.4, -0.2) is 27.3 Å². The zero-order valence-corrected chi connectivity index (χ0v) is 13.3. The Morgan fingerprint density at radius 1 is 1.20 bits per heavy atom. The van der Waals surface area contributed by atoms with Crippen LogP contribution in [0.3, 0.4) is 0 Å². The van der Waals surface area contributed by atoms with Crippen LogP contribution in [0.1, 0.15) is 11.1 Å². The average molecular weight is 337 g/mol. The number of hydrogen-bond acceptors (Lipinski definition) is 5. The number of phenols is 1. The van der Waals surface area contributed by atoms with Gasteiger partial charge >= 0.3 is 0 Å². The Balaban J connectivity index is 1.88. The fourth-order valence-corrected chi connectivity index (χ4v) is 2.38. The smallest absolute Gasteiger partial charge is 0.269 e. The van der Waals surface area contributed by atoms with Crippen LogP contribution in [0.15, 0.2) is 48.7 Å². The molecule has 0 saturated carbocycles. The van der Waals surface area contributed by atoms with Gasteiger partial charge in [0.1, 0.15) is 11.5 Å². The summed E-state index contributed by atoms with van der Waals surface area (Å²) < 4.78 is 5.08. The molecule has 126 valence electrons. The number of aromatic hydroxyl groups is 1. The Labute approximate surface area is 143 Å². The number of aromatic nitrogens is 2. The molecule has 0 fully saturated rings. The number of nitrogens with zero attached hydrogens (tertiary/aromatic N) is 2. The van der Waals surface area contributed by atoms with Crippen molar-refractivity contribution in [2.45, 2.75) is 0 Å². The number of rotatable bonds is 5. The van der Waals surface area contributed by atoms with Crippen molar-refractivity contribution < 1.29 is 14.8 Å². The Kier molecular flexibility index (Phi) is 4.47. The lowest BCUT2D eigenvalue weighted by atomic mass is 10.1. The van der Waals surface area contributed by atoms with Crippen LogP contribution >= 0.6 is 0 Å². The molecule has 0 bridgehead atoms. The highest BCUT2D eigenvalue weighted by atomic mass is 16.6. The Hall–Kier alpha value is -3.61. The van der Waals surface area contributed by atoms with Crippen LogP contribution in [-0.2, 0) is 0 Å². The van der Waals surface area contributed by atoms with E-state index in [0.29, 0.717) is 17.0 Å². The maximum atomic E-state index is 10.7. The van der Waals surface area contributed by atoms with Gasteiger partial charge in [0.15, 0.2) is 0 Å². The topological polar surface area (TPSA) is 101 Å². The van der Waals surface area contributed by atoms with E-state index < -0.39 is 4.92 Å². The highest BCUT2D eigenvalue weighted by Gasteiger charge is 2.11. The van der Waals surface area contributed by atoms with Crippen molar-refractivity contribution in [1.82, 2.24) is 10.2 Å². The van der Waals surface area contributed by atoms with E-state index in [9.17, 15) is 15.2 Å². The lowest BCUT2D eigenvalue weighted by Gasteiger charge is -2.06. The van der Waals surface area contributed by atoms with Gasteiger partial charge in [-0.25, -0.2) is 0 Å². The second-order valence-corrected chi connectivity index (χ2v) is 5.27. The predicted molar refractivity (Wildman–Crippen MR) is 94.3 cm³/mol. The number of ether oxygens (including phenoxy) is 1. The first-order valence-corrected chi connectivity index (χ1v) is 7.42. The molecule has 0 atom stereocenters. The first-order valence-electron chi connectivity index (χ1n) is 7.42. The third-order valence-corrected chi connectivity index (χ3v) is 3.70. The second-order valence-electron chi connectivity index (χ2n) is 5.27. The van der Waals surface area contributed by atoms with E-state index in [4.69, 9.17) is 4.74 Å². The lowest BCUT2D eigenvalue weighted by Crippen LogP contribution is -1.87. The van der Waals surface area contributed by atoms with Crippen molar-refractivity contribution in [1.29, 1.82) is 0 Å². The summed E-state index contributed by atoms with van der Waals surface area (Å²) in [6.45, 7) is 0. The molecule has 3 aromatic rings. The van der Waals surface area contributed by atoms with Gasteiger partial charge in [-0.3, -0.25) is 15.2 Å². The molecule has 3 rings (SSSR count). The Morgan fingerprint density at radius 3 is 2.60 bits per heavy atom. The molecule has 0 aliphatic heterocycles. The first-order chi connectivity index (χ1) is 12.1. The van der Waals surface area contributed by atoms with Crippen molar-refractivity contribution in [3.05, 3.63) is 69.9 Å². The van der Waals surface area contributed by atoms with Crippen LogP contribution < -0.4 is 4.74 Å². The Bertz CT molecular complexity index is 930. The molecule has 0 aliphatic carbocycles. The standard InChI is InChI=1S/C18H15N3O4/c1-25-15-8-9-16(17(22)10-15)18-13(11-19-20-18)5-2-12-3-6-14(7-4-12)21(23)24/h2-11,22H,1H3,(H,19,20)/b5-2+. The molecule has 0 aliphatic rings. The number of nitro benzene ring substituents is 1. The molecule has 0 unspecified atom stereocenters. The molecule has 2 aromatic carbocycles. The van der Waals surface area contributed by atoms with Crippen LogP contribution in [0, 0.1) is 10.1 Å².